The van der Waals surface area contributed by atoms with Crippen molar-refractivity contribution in [2.24, 2.45) is 11.8 Å². The van der Waals surface area contributed by atoms with Crippen LogP contribution in [0.15, 0.2) is 30.1 Å². The van der Waals surface area contributed by atoms with E-state index in [1.165, 1.54) is 24.3 Å². The van der Waals surface area contributed by atoms with Crippen molar-refractivity contribution >= 4 is 0 Å². The van der Waals surface area contributed by atoms with Gasteiger partial charge >= 0.3 is 0 Å². The Hall–Kier alpha value is -1.76. The van der Waals surface area contributed by atoms with Gasteiger partial charge in [-0.1, -0.05) is 18.9 Å². The van der Waals surface area contributed by atoms with Crippen molar-refractivity contribution in [2.75, 3.05) is 0 Å². The van der Waals surface area contributed by atoms with Gasteiger partial charge in [0.15, 0.2) is 17.5 Å². The van der Waals surface area contributed by atoms with E-state index >= 15 is 0 Å². The monoisotopic (exact) mass is 321 g/mol. The van der Waals surface area contributed by atoms with Gasteiger partial charge in [-0.25, -0.2) is 8.78 Å². The van der Waals surface area contributed by atoms with E-state index in [0.717, 1.165) is 56.9 Å². The van der Waals surface area contributed by atoms with Crippen LogP contribution in [0.25, 0.3) is 0 Å². The molecule has 1 fully saturated rings. The molecule has 0 aromatic heterocycles. The van der Waals surface area contributed by atoms with Crippen molar-refractivity contribution in [1.29, 1.82) is 5.26 Å². The quantitative estimate of drug-likeness (QED) is 0.475. The van der Waals surface area contributed by atoms with Gasteiger partial charge in [0.05, 0.1) is 0 Å². The molecule has 124 valence electrons. The number of aryl methyl sites for hydroxylation is 1. The fraction of sp³-hybridized carbons (Fsp3) is 0.526. The smallest absolute Gasteiger partial charge is 0.196 e. The summed E-state index contributed by atoms with van der Waals surface area (Å²) in [6, 6.07) is 5.63. The molecule has 4 heteroatoms. The molecule has 1 aliphatic carbocycles. The maximum atomic E-state index is 13.1. The minimum Gasteiger partial charge on any atom is -0.204 e. The predicted molar refractivity (Wildman–Crippen MR) is 84.2 cm³/mol. The largest absolute Gasteiger partial charge is 0.204 e. The van der Waals surface area contributed by atoms with E-state index < -0.39 is 17.5 Å². The van der Waals surface area contributed by atoms with Crippen molar-refractivity contribution in [1.82, 2.24) is 0 Å². The minimum absolute atomic E-state index is 0.202. The van der Waals surface area contributed by atoms with E-state index in [-0.39, 0.29) is 5.92 Å². The first-order valence-electron chi connectivity index (χ1n) is 8.30. The van der Waals surface area contributed by atoms with Crippen LogP contribution in [0.5, 0.6) is 0 Å². The first-order valence-corrected chi connectivity index (χ1v) is 8.30. The molecule has 0 saturated heterocycles. The molecule has 0 heterocycles. The summed E-state index contributed by atoms with van der Waals surface area (Å²) in [5, 5.41) is 8.45. The van der Waals surface area contributed by atoms with Gasteiger partial charge in [-0.15, -0.1) is 0 Å². The molecule has 0 spiro atoms. The molecule has 23 heavy (non-hydrogen) atoms. The van der Waals surface area contributed by atoms with Crippen LogP contribution in [0.2, 0.25) is 0 Å². The third-order valence-electron chi connectivity index (χ3n) is 4.69. The van der Waals surface area contributed by atoms with E-state index in [1.807, 2.05) is 0 Å². The zero-order valence-corrected chi connectivity index (χ0v) is 13.2. The third-order valence-corrected chi connectivity index (χ3v) is 4.69. The van der Waals surface area contributed by atoms with Crippen molar-refractivity contribution in [3.05, 3.63) is 47.3 Å². The lowest BCUT2D eigenvalue weighted by molar-refractivity contribution is 0.288. The molecule has 0 N–H and O–H groups in total. The number of halogens is 3. The molecular weight excluding hydrogens is 299 g/mol. The van der Waals surface area contributed by atoms with Gasteiger partial charge in [0.25, 0.3) is 0 Å². The van der Waals surface area contributed by atoms with E-state index in [9.17, 15) is 13.2 Å². The van der Waals surface area contributed by atoms with Crippen LogP contribution in [0.4, 0.5) is 13.2 Å². The van der Waals surface area contributed by atoms with Crippen molar-refractivity contribution in [2.45, 2.75) is 51.4 Å². The lowest BCUT2D eigenvalue weighted by atomic mass is 9.79. The maximum absolute atomic E-state index is 13.1. The van der Waals surface area contributed by atoms with Crippen LogP contribution < -0.4 is 0 Å². The lowest BCUT2D eigenvalue weighted by Gasteiger charge is -2.26. The molecule has 1 aromatic carbocycles. The highest BCUT2D eigenvalue weighted by Crippen LogP contribution is 2.33. The Balaban J connectivity index is 1.64. The molecule has 1 aliphatic rings. The van der Waals surface area contributed by atoms with Crippen LogP contribution >= 0.6 is 0 Å². The van der Waals surface area contributed by atoms with Crippen LogP contribution in [0.1, 0.15) is 50.5 Å². The lowest BCUT2D eigenvalue weighted by Crippen LogP contribution is -2.13. The number of nitriles is 1. The van der Waals surface area contributed by atoms with Gasteiger partial charge in [-0.3, -0.25) is 0 Å². The maximum Gasteiger partial charge on any atom is 0.196 e. The number of nitrogens with zero attached hydrogens (tertiary/aromatic N) is 1. The number of hydrogen-bond acceptors (Lipinski definition) is 1. The molecule has 2 rings (SSSR count). The van der Waals surface area contributed by atoms with Crippen LogP contribution in [-0.2, 0) is 6.42 Å². The predicted octanol–water partition coefficient (Wildman–Crippen LogP) is 5.86. The first-order chi connectivity index (χ1) is 11.1. The van der Waals surface area contributed by atoms with Gasteiger partial charge in [0.1, 0.15) is 6.07 Å². The summed E-state index contributed by atoms with van der Waals surface area (Å²) in [4.78, 5) is 0. The molecule has 0 aliphatic heterocycles. The number of benzene rings is 1. The molecule has 1 saturated carbocycles. The zero-order chi connectivity index (χ0) is 16.7. The molecular formula is C19H22F3N. The number of rotatable bonds is 6. The summed E-state index contributed by atoms with van der Waals surface area (Å²) in [5.74, 6) is -1.38. The molecule has 0 atom stereocenters. The highest BCUT2D eigenvalue weighted by Gasteiger charge is 2.20. The second-order valence-corrected chi connectivity index (χ2v) is 6.40. The topological polar surface area (TPSA) is 23.8 Å². The minimum atomic E-state index is -0.799. The Morgan fingerprint density at radius 2 is 1.87 bits per heavy atom. The molecule has 0 unspecified atom stereocenters. The molecule has 0 amide bonds. The number of allylic oxidation sites excluding steroid dienone is 2. The summed E-state index contributed by atoms with van der Waals surface area (Å²) >= 11 is 0. The second-order valence-electron chi connectivity index (χ2n) is 6.40. The average Bonchev–Trinajstić information content (AvgIpc) is 2.56. The highest BCUT2D eigenvalue weighted by atomic mass is 19.2. The second kappa shape index (κ2) is 8.76. The highest BCUT2D eigenvalue weighted by molar-refractivity contribution is 5.17. The van der Waals surface area contributed by atoms with Crippen LogP contribution in [0, 0.1) is 34.8 Å². The van der Waals surface area contributed by atoms with Crippen molar-refractivity contribution in [3.63, 3.8) is 0 Å². The van der Waals surface area contributed by atoms with Gasteiger partial charge in [0.2, 0.25) is 0 Å². The average molecular weight is 321 g/mol. The zero-order valence-electron chi connectivity index (χ0n) is 13.2. The van der Waals surface area contributed by atoms with E-state index in [0.29, 0.717) is 5.92 Å². The van der Waals surface area contributed by atoms with Crippen molar-refractivity contribution in [3.8, 4) is 6.07 Å². The summed E-state index contributed by atoms with van der Waals surface area (Å²) in [5.41, 5.74) is 0.838. The van der Waals surface area contributed by atoms with Crippen LogP contribution in [0.3, 0.4) is 0 Å². The Bertz CT molecular complexity index is 581. The fourth-order valence-corrected chi connectivity index (χ4v) is 3.35. The van der Waals surface area contributed by atoms with E-state index in [2.05, 4.69) is 0 Å². The Morgan fingerprint density at radius 1 is 1.13 bits per heavy atom. The van der Waals surface area contributed by atoms with Gasteiger partial charge in [-0.05, 0) is 74.1 Å². The van der Waals surface area contributed by atoms with E-state index in [1.54, 1.807) is 6.07 Å². The molecule has 1 nitrogen and oxygen atoms in total. The normalized spacial score (nSPS) is 21.9. The summed E-state index contributed by atoms with van der Waals surface area (Å²) in [6.45, 7) is 0. The van der Waals surface area contributed by atoms with Gasteiger partial charge in [0, 0.05) is 0 Å². The Labute approximate surface area is 135 Å². The Kier molecular flexibility index (Phi) is 6.70. The molecule has 0 radical (unpaired) electrons. The van der Waals surface area contributed by atoms with Crippen LogP contribution in [-0.4, -0.2) is 0 Å². The van der Waals surface area contributed by atoms with Gasteiger partial charge < -0.3 is 0 Å². The number of hydrogen-bond donors (Lipinski definition) is 0. The SMILES string of the molecule is N#CC(F)=C[C@H]1CC[C@H](CCCCc2ccc(F)c(F)c2)CC1. The first kappa shape index (κ1) is 17.6. The molecule has 0 bridgehead atoms. The Morgan fingerprint density at radius 3 is 2.52 bits per heavy atom. The van der Waals surface area contributed by atoms with E-state index in [4.69, 9.17) is 5.26 Å². The number of unbranched alkanes of at least 4 members (excludes halogenated alkanes) is 1. The summed E-state index contributed by atoms with van der Waals surface area (Å²) in [6.07, 6.45) is 9.43. The van der Waals surface area contributed by atoms with Crippen molar-refractivity contribution < 1.29 is 13.2 Å². The summed E-state index contributed by atoms with van der Waals surface area (Å²) < 4.78 is 38.9. The fourth-order valence-electron chi connectivity index (χ4n) is 3.35. The molecule has 1 aromatic rings. The third kappa shape index (κ3) is 5.74. The standard InChI is InChI=1S/C19H22F3N/c20-17(13-23)11-16-7-5-14(6-8-16)3-1-2-4-15-9-10-18(21)19(22)12-15/h9-12,14,16H,1-8H2/t14-,16-. The van der Waals surface area contributed by atoms with Gasteiger partial charge in [-0.2, -0.15) is 9.65 Å². The summed E-state index contributed by atoms with van der Waals surface area (Å²) in [7, 11) is 0.